The van der Waals surface area contributed by atoms with Gasteiger partial charge in [-0.2, -0.15) is 5.01 Å². The number of aromatic nitrogens is 1. The summed E-state index contributed by atoms with van der Waals surface area (Å²) in [6.45, 7) is 0.576. The highest BCUT2D eigenvalue weighted by atomic mass is 16.2. The zero-order chi connectivity index (χ0) is 18.1. The lowest BCUT2D eigenvalue weighted by Crippen LogP contribution is -2.57. The van der Waals surface area contributed by atoms with Gasteiger partial charge in [0.15, 0.2) is 0 Å². The Labute approximate surface area is 154 Å². The number of hydrogen-bond donors (Lipinski definition) is 0. The first-order valence-corrected chi connectivity index (χ1v) is 9.40. The molecule has 2 aliphatic rings. The summed E-state index contributed by atoms with van der Waals surface area (Å²) in [5.74, 6) is 0.0402. The SMILES string of the molecule is CN(C1CCCC1)C1C=CC(=O)N(Cc2ccc3cnccc3c2)N1C. The Morgan fingerprint density at radius 2 is 2.00 bits per heavy atom. The molecule has 1 amide bonds. The topological polar surface area (TPSA) is 39.7 Å². The van der Waals surface area contributed by atoms with Crippen molar-refractivity contribution in [3.05, 3.63) is 54.4 Å². The van der Waals surface area contributed by atoms with Crippen LogP contribution in [0.1, 0.15) is 31.2 Å². The third-order valence-corrected chi connectivity index (χ3v) is 5.78. The molecule has 5 nitrogen and oxygen atoms in total. The highest BCUT2D eigenvalue weighted by molar-refractivity contribution is 5.88. The van der Waals surface area contributed by atoms with Crippen LogP contribution in [0, 0.1) is 0 Å². The highest BCUT2D eigenvalue weighted by Crippen LogP contribution is 2.27. The van der Waals surface area contributed by atoms with Gasteiger partial charge in [-0.05, 0) is 49.0 Å². The van der Waals surface area contributed by atoms with Crippen LogP contribution in [-0.2, 0) is 11.3 Å². The largest absolute Gasteiger partial charge is 0.283 e. The van der Waals surface area contributed by atoms with Crippen LogP contribution in [0.4, 0.5) is 0 Å². The highest BCUT2D eigenvalue weighted by Gasteiger charge is 2.33. The van der Waals surface area contributed by atoms with Gasteiger partial charge in [0.25, 0.3) is 5.91 Å². The molecule has 0 N–H and O–H groups in total. The molecule has 5 heteroatoms. The fourth-order valence-corrected chi connectivity index (χ4v) is 4.20. The van der Waals surface area contributed by atoms with E-state index < -0.39 is 0 Å². The van der Waals surface area contributed by atoms with Crippen molar-refractivity contribution < 1.29 is 4.79 Å². The quantitative estimate of drug-likeness (QED) is 0.849. The molecule has 1 aliphatic carbocycles. The van der Waals surface area contributed by atoms with Crippen molar-refractivity contribution >= 4 is 16.7 Å². The van der Waals surface area contributed by atoms with Crippen LogP contribution in [0.3, 0.4) is 0 Å². The van der Waals surface area contributed by atoms with Gasteiger partial charge < -0.3 is 0 Å². The molecule has 0 spiro atoms. The zero-order valence-corrected chi connectivity index (χ0v) is 15.5. The van der Waals surface area contributed by atoms with E-state index in [-0.39, 0.29) is 12.1 Å². The first-order valence-electron chi connectivity index (χ1n) is 9.40. The van der Waals surface area contributed by atoms with E-state index in [0.717, 1.165) is 16.3 Å². The Morgan fingerprint density at radius 3 is 2.81 bits per heavy atom. The van der Waals surface area contributed by atoms with Gasteiger partial charge in [0.1, 0.15) is 0 Å². The minimum absolute atomic E-state index is 0.0402. The molecule has 2 heterocycles. The number of carbonyl (C=O) groups is 1. The van der Waals surface area contributed by atoms with E-state index in [1.807, 2.05) is 30.4 Å². The molecule has 1 aromatic carbocycles. The van der Waals surface area contributed by atoms with Crippen molar-refractivity contribution in [2.75, 3.05) is 14.1 Å². The van der Waals surface area contributed by atoms with Crippen LogP contribution in [0.25, 0.3) is 10.8 Å². The molecule has 1 atom stereocenters. The zero-order valence-electron chi connectivity index (χ0n) is 15.5. The molecular weight excluding hydrogens is 324 g/mol. The molecule has 1 unspecified atom stereocenters. The van der Waals surface area contributed by atoms with Crippen LogP contribution in [0.2, 0.25) is 0 Å². The molecule has 0 saturated heterocycles. The molecule has 0 radical (unpaired) electrons. The Hall–Kier alpha value is -2.24. The van der Waals surface area contributed by atoms with Gasteiger partial charge in [0, 0.05) is 36.9 Å². The van der Waals surface area contributed by atoms with Crippen molar-refractivity contribution in [1.29, 1.82) is 0 Å². The van der Waals surface area contributed by atoms with Crippen LogP contribution >= 0.6 is 0 Å². The monoisotopic (exact) mass is 350 g/mol. The average Bonchev–Trinajstić information content (AvgIpc) is 3.19. The Kier molecular flexibility index (Phi) is 4.74. The lowest BCUT2D eigenvalue weighted by molar-refractivity contribution is -0.155. The van der Waals surface area contributed by atoms with Crippen molar-refractivity contribution in [1.82, 2.24) is 19.9 Å². The number of fused-ring (bicyclic) bond motifs is 1. The second kappa shape index (κ2) is 7.17. The number of nitrogens with zero attached hydrogens (tertiary/aromatic N) is 4. The number of pyridine rings is 1. The van der Waals surface area contributed by atoms with Gasteiger partial charge in [-0.15, -0.1) is 0 Å². The summed E-state index contributed by atoms with van der Waals surface area (Å²) >= 11 is 0. The van der Waals surface area contributed by atoms with E-state index in [2.05, 4.69) is 40.1 Å². The van der Waals surface area contributed by atoms with Crippen LogP contribution < -0.4 is 0 Å². The van der Waals surface area contributed by atoms with Crippen LogP contribution in [0.15, 0.2) is 48.8 Å². The van der Waals surface area contributed by atoms with Crippen LogP contribution in [-0.4, -0.2) is 52.1 Å². The van der Waals surface area contributed by atoms with Gasteiger partial charge in [-0.1, -0.05) is 25.0 Å². The van der Waals surface area contributed by atoms with Gasteiger partial charge in [0.2, 0.25) is 0 Å². The smallest absolute Gasteiger partial charge is 0.261 e. The van der Waals surface area contributed by atoms with Gasteiger partial charge in [-0.3, -0.25) is 19.7 Å². The first-order chi connectivity index (χ1) is 12.6. The number of hydrogen-bond acceptors (Lipinski definition) is 4. The summed E-state index contributed by atoms with van der Waals surface area (Å²) in [7, 11) is 4.20. The number of hydrazine groups is 1. The molecule has 1 aromatic heterocycles. The third kappa shape index (κ3) is 3.24. The maximum Gasteiger partial charge on any atom is 0.261 e. The molecule has 2 aromatic rings. The number of amides is 1. The van der Waals surface area contributed by atoms with Crippen LogP contribution in [0.5, 0.6) is 0 Å². The van der Waals surface area contributed by atoms with Crippen molar-refractivity contribution in [2.45, 2.75) is 44.4 Å². The summed E-state index contributed by atoms with van der Waals surface area (Å²) in [6, 6.07) is 8.92. The summed E-state index contributed by atoms with van der Waals surface area (Å²) in [5, 5.41) is 6.20. The Bertz CT molecular complexity index is 828. The Morgan fingerprint density at radius 1 is 1.19 bits per heavy atom. The fourth-order valence-electron chi connectivity index (χ4n) is 4.20. The normalized spacial score (nSPS) is 22.0. The summed E-state index contributed by atoms with van der Waals surface area (Å²) in [5.41, 5.74) is 1.13. The fraction of sp³-hybridized carbons (Fsp3) is 0.429. The number of carbonyl (C=O) groups excluding carboxylic acids is 1. The van der Waals surface area contributed by atoms with E-state index in [1.54, 1.807) is 12.3 Å². The average molecular weight is 350 g/mol. The summed E-state index contributed by atoms with van der Waals surface area (Å²) in [4.78, 5) is 19.1. The minimum Gasteiger partial charge on any atom is -0.283 e. The second-order valence-electron chi connectivity index (χ2n) is 7.40. The summed E-state index contributed by atoms with van der Waals surface area (Å²) < 4.78 is 0. The predicted molar refractivity (Wildman–Crippen MR) is 103 cm³/mol. The van der Waals surface area contributed by atoms with E-state index >= 15 is 0 Å². The first kappa shape index (κ1) is 17.2. The third-order valence-electron chi connectivity index (χ3n) is 5.78. The Balaban J connectivity index is 1.54. The molecule has 4 rings (SSSR count). The van der Waals surface area contributed by atoms with Gasteiger partial charge >= 0.3 is 0 Å². The molecule has 1 aliphatic heterocycles. The molecule has 0 bridgehead atoms. The summed E-state index contributed by atoms with van der Waals surface area (Å²) in [6.07, 6.45) is 12.7. The number of rotatable bonds is 4. The van der Waals surface area contributed by atoms with Crippen molar-refractivity contribution in [3.63, 3.8) is 0 Å². The maximum absolute atomic E-state index is 12.5. The molecular formula is C21H26N4O. The van der Waals surface area contributed by atoms with E-state index in [1.165, 1.54) is 25.7 Å². The standard InChI is InChI=1S/C21H26N4O/c1-23(19-5-3-4-6-19)20-9-10-21(26)25(24(20)2)15-16-7-8-18-14-22-12-11-17(18)13-16/h7-14,19-20H,3-6,15H2,1-2H3. The predicted octanol–water partition coefficient (Wildman–Crippen LogP) is 3.18. The van der Waals surface area contributed by atoms with E-state index in [4.69, 9.17) is 0 Å². The lowest BCUT2D eigenvalue weighted by atomic mass is 10.1. The molecule has 1 fully saturated rings. The van der Waals surface area contributed by atoms with Crippen molar-refractivity contribution in [3.8, 4) is 0 Å². The lowest BCUT2D eigenvalue weighted by Gasteiger charge is -2.44. The van der Waals surface area contributed by atoms with E-state index in [9.17, 15) is 4.79 Å². The van der Waals surface area contributed by atoms with E-state index in [0.29, 0.717) is 12.6 Å². The minimum atomic E-state index is 0.0402. The van der Waals surface area contributed by atoms with Gasteiger partial charge in [0.05, 0.1) is 12.7 Å². The maximum atomic E-state index is 12.5. The molecule has 26 heavy (non-hydrogen) atoms. The number of benzene rings is 1. The second-order valence-corrected chi connectivity index (χ2v) is 7.40. The molecule has 1 saturated carbocycles. The van der Waals surface area contributed by atoms with Gasteiger partial charge in [-0.25, -0.2) is 0 Å². The van der Waals surface area contributed by atoms with Crippen molar-refractivity contribution in [2.24, 2.45) is 0 Å². The molecule has 136 valence electrons. The number of likely N-dealkylation sites (N-methyl/N-ethyl adjacent to an activating group) is 2.